The van der Waals surface area contributed by atoms with Crippen molar-refractivity contribution in [1.82, 2.24) is 5.32 Å². The van der Waals surface area contributed by atoms with Crippen LogP contribution < -0.4 is 19.7 Å². The summed E-state index contributed by atoms with van der Waals surface area (Å²) in [4.78, 5) is 26.3. The molecule has 6 nitrogen and oxygen atoms in total. The molecule has 2 aromatic carbocycles. The number of amides is 2. The fourth-order valence-corrected chi connectivity index (χ4v) is 3.31. The Bertz CT molecular complexity index is 802. The topological polar surface area (TPSA) is 67.9 Å². The molecule has 28 heavy (non-hydrogen) atoms. The highest BCUT2D eigenvalue weighted by atomic mass is 16.5. The molecule has 1 N–H and O–H groups in total. The Labute approximate surface area is 165 Å². The van der Waals surface area contributed by atoms with Crippen LogP contribution in [0.25, 0.3) is 0 Å². The number of methoxy groups -OCH3 is 1. The number of hydrogen-bond acceptors (Lipinski definition) is 4. The Hall–Kier alpha value is -3.02. The Kier molecular flexibility index (Phi) is 6.53. The minimum absolute atomic E-state index is 0.0443. The van der Waals surface area contributed by atoms with E-state index in [1.165, 1.54) is 0 Å². The molecule has 1 aliphatic rings. The van der Waals surface area contributed by atoms with Crippen LogP contribution in [0.15, 0.2) is 48.5 Å². The predicted molar refractivity (Wildman–Crippen MR) is 108 cm³/mol. The zero-order chi connectivity index (χ0) is 19.9. The van der Waals surface area contributed by atoms with Gasteiger partial charge in [-0.25, -0.2) is 0 Å². The van der Waals surface area contributed by atoms with Crippen molar-refractivity contribution in [2.45, 2.75) is 19.8 Å². The number of carbonyl (C=O) groups is 2. The second-order valence-corrected chi connectivity index (χ2v) is 6.83. The zero-order valence-corrected chi connectivity index (χ0v) is 16.3. The molecule has 0 spiro atoms. The van der Waals surface area contributed by atoms with Crippen molar-refractivity contribution in [2.24, 2.45) is 5.92 Å². The molecule has 1 aliphatic heterocycles. The van der Waals surface area contributed by atoms with E-state index in [9.17, 15) is 9.59 Å². The Balaban J connectivity index is 1.48. The van der Waals surface area contributed by atoms with Gasteiger partial charge in [0.15, 0.2) is 0 Å². The van der Waals surface area contributed by atoms with E-state index in [4.69, 9.17) is 9.47 Å². The number of ether oxygens (including phenoxy) is 2. The van der Waals surface area contributed by atoms with Crippen molar-refractivity contribution in [3.63, 3.8) is 0 Å². The highest BCUT2D eigenvalue weighted by Crippen LogP contribution is 2.26. The van der Waals surface area contributed by atoms with E-state index < -0.39 is 0 Å². The van der Waals surface area contributed by atoms with E-state index in [1.807, 2.05) is 55.5 Å². The van der Waals surface area contributed by atoms with Gasteiger partial charge in [-0.05, 0) is 48.9 Å². The molecule has 148 valence electrons. The van der Waals surface area contributed by atoms with Crippen LogP contribution in [0.3, 0.4) is 0 Å². The summed E-state index contributed by atoms with van der Waals surface area (Å²) in [6.45, 7) is 3.65. The first-order chi connectivity index (χ1) is 13.6. The van der Waals surface area contributed by atoms with Gasteiger partial charge < -0.3 is 19.7 Å². The van der Waals surface area contributed by atoms with E-state index in [1.54, 1.807) is 12.0 Å². The molecule has 0 radical (unpaired) electrons. The highest BCUT2D eigenvalue weighted by molar-refractivity contribution is 5.95. The minimum Gasteiger partial charge on any atom is -0.497 e. The fraction of sp³-hybridized carbons (Fsp3) is 0.364. The van der Waals surface area contributed by atoms with Gasteiger partial charge in [-0.2, -0.15) is 0 Å². The monoisotopic (exact) mass is 382 g/mol. The maximum Gasteiger partial charge on any atom is 0.227 e. The summed E-state index contributed by atoms with van der Waals surface area (Å²) in [7, 11) is 1.61. The van der Waals surface area contributed by atoms with Crippen molar-refractivity contribution in [2.75, 3.05) is 31.7 Å². The molecule has 1 fully saturated rings. The summed E-state index contributed by atoms with van der Waals surface area (Å²) in [5, 5.41) is 2.95. The molecule has 1 unspecified atom stereocenters. The lowest BCUT2D eigenvalue weighted by Crippen LogP contribution is -2.32. The lowest BCUT2D eigenvalue weighted by molar-refractivity contribution is -0.121. The van der Waals surface area contributed by atoms with Crippen LogP contribution in [-0.2, 0) is 16.0 Å². The molecular formula is C22H26N2O4. The molecule has 1 heterocycles. The first kappa shape index (κ1) is 19.7. The van der Waals surface area contributed by atoms with Crippen molar-refractivity contribution >= 4 is 17.5 Å². The minimum atomic E-state index is -0.0443. The van der Waals surface area contributed by atoms with Crippen molar-refractivity contribution in [1.29, 1.82) is 0 Å². The summed E-state index contributed by atoms with van der Waals surface area (Å²) < 4.78 is 10.6. The molecule has 6 heteroatoms. The van der Waals surface area contributed by atoms with Crippen LogP contribution >= 0.6 is 0 Å². The van der Waals surface area contributed by atoms with E-state index in [-0.39, 0.29) is 17.7 Å². The molecule has 0 bridgehead atoms. The van der Waals surface area contributed by atoms with Gasteiger partial charge in [-0.3, -0.25) is 9.59 Å². The second kappa shape index (κ2) is 9.26. The van der Waals surface area contributed by atoms with Gasteiger partial charge in [0.05, 0.1) is 20.1 Å². The van der Waals surface area contributed by atoms with Gasteiger partial charge in [-0.15, -0.1) is 0 Å². The number of nitrogens with one attached hydrogen (secondary N) is 1. The average Bonchev–Trinajstić information content (AvgIpc) is 3.08. The molecule has 3 rings (SSSR count). The number of carbonyl (C=O) groups excluding carboxylic acids is 2. The first-order valence-electron chi connectivity index (χ1n) is 9.52. The van der Waals surface area contributed by atoms with Gasteiger partial charge >= 0.3 is 0 Å². The Morgan fingerprint density at radius 1 is 1.11 bits per heavy atom. The highest BCUT2D eigenvalue weighted by Gasteiger charge is 2.30. The smallest absolute Gasteiger partial charge is 0.227 e. The van der Waals surface area contributed by atoms with Crippen molar-refractivity contribution in [3.05, 3.63) is 54.1 Å². The van der Waals surface area contributed by atoms with Crippen LogP contribution in [0.5, 0.6) is 11.5 Å². The molecule has 0 aromatic heterocycles. The van der Waals surface area contributed by atoms with Gasteiger partial charge in [-0.1, -0.05) is 12.1 Å². The van der Waals surface area contributed by atoms with Crippen molar-refractivity contribution in [3.8, 4) is 11.5 Å². The Morgan fingerprint density at radius 3 is 2.43 bits per heavy atom. The standard InChI is InChI=1S/C22H26N2O4/c1-3-28-20-10-6-18(7-11-20)24-15-17(13-22(24)26)14-23-21(25)12-16-4-8-19(27-2)9-5-16/h4-11,17H,3,12-15H2,1-2H3,(H,23,25). The molecule has 2 amide bonds. The van der Waals surface area contributed by atoms with Crippen LogP contribution in [-0.4, -0.2) is 38.6 Å². The van der Waals surface area contributed by atoms with Crippen molar-refractivity contribution < 1.29 is 19.1 Å². The molecule has 2 aromatic rings. The number of benzene rings is 2. The molecule has 0 saturated carbocycles. The van der Waals surface area contributed by atoms with Gasteiger partial charge in [0.1, 0.15) is 11.5 Å². The third-order valence-electron chi connectivity index (χ3n) is 4.78. The molecule has 0 aliphatic carbocycles. The summed E-state index contributed by atoms with van der Waals surface area (Å²) in [6, 6.07) is 15.0. The van der Waals surface area contributed by atoms with Gasteiger partial charge in [0.25, 0.3) is 0 Å². The molecule has 1 saturated heterocycles. The third-order valence-corrected chi connectivity index (χ3v) is 4.78. The predicted octanol–water partition coefficient (Wildman–Crippen LogP) is 2.81. The number of nitrogens with zero attached hydrogens (tertiary/aromatic N) is 1. The lowest BCUT2D eigenvalue weighted by atomic mass is 10.1. The fourth-order valence-electron chi connectivity index (χ4n) is 3.31. The quantitative estimate of drug-likeness (QED) is 0.762. The zero-order valence-electron chi connectivity index (χ0n) is 16.3. The second-order valence-electron chi connectivity index (χ2n) is 6.83. The van der Waals surface area contributed by atoms with Crippen LogP contribution in [0.1, 0.15) is 18.9 Å². The third kappa shape index (κ3) is 5.03. The summed E-state index contributed by atoms with van der Waals surface area (Å²) in [5.41, 5.74) is 1.79. The number of rotatable bonds is 8. The van der Waals surface area contributed by atoms with Crippen LogP contribution in [0, 0.1) is 5.92 Å². The van der Waals surface area contributed by atoms with Gasteiger partial charge in [0.2, 0.25) is 11.8 Å². The summed E-state index contributed by atoms with van der Waals surface area (Å²) >= 11 is 0. The maximum absolute atomic E-state index is 12.4. The molecular weight excluding hydrogens is 356 g/mol. The normalized spacial score (nSPS) is 16.1. The first-order valence-corrected chi connectivity index (χ1v) is 9.52. The average molecular weight is 382 g/mol. The van der Waals surface area contributed by atoms with E-state index >= 15 is 0 Å². The Morgan fingerprint density at radius 2 is 1.79 bits per heavy atom. The van der Waals surface area contributed by atoms with Crippen LogP contribution in [0.4, 0.5) is 5.69 Å². The summed E-state index contributed by atoms with van der Waals surface area (Å²) in [6.07, 6.45) is 0.753. The molecule has 1 atom stereocenters. The largest absolute Gasteiger partial charge is 0.497 e. The van der Waals surface area contributed by atoms with E-state index in [2.05, 4.69) is 5.32 Å². The SMILES string of the molecule is CCOc1ccc(N2CC(CNC(=O)Cc3ccc(OC)cc3)CC2=O)cc1. The number of hydrogen-bond donors (Lipinski definition) is 1. The number of anilines is 1. The summed E-state index contributed by atoms with van der Waals surface area (Å²) in [5.74, 6) is 1.71. The van der Waals surface area contributed by atoms with E-state index in [0.717, 1.165) is 22.7 Å². The lowest BCUT2D eigenvalue weighted by Gasteiger charge is -2.17. The maximum atomic E-state index is 12.4. The van der Waals surface area contributed by atoms with Gasteiger partial charge in [0, 0.05) is 31.1 Å². The van der Waals surface area contributed by atoms with E-state index in [0.29, 0.717) is 32.5 Å². The van der Waals surface area contributed by atoms with Crippen LogP contribution in [0.2, 0.25) is 0 Å².